The van der Waals surface area contributed by atoms with Crippen molar-refractivity contribution in [3.8, 4) is 22.6 Å². The first-order chi connectivity index (χ1) is 16.1. The number of benzene rings is 2. The molecule has 0 bridgehead atoms. The van der Waals surface area contributed by atoms with Crippen molar-refractivity contribution in [1.82, 2.24) is 25.1 Å². The lowest BCUT2D eigenvalue weighted by Gasteiger charge is -2.25. The quantitative estimate of drug-likeness (QED) is 0.323. The number of rotatable bonds is 7. The summed E-state index contributed by atoms with van der Waals surface area (Å²) in [4.78, 5) is 12.2. The number of hydrogen-bond donors (Lipinski definition) is 1. The second-order valence-electron chi connectivity index (χ2n) is 8.44. The van der Waals surface area contributed by atoms with Gasteiger partial charge in [-0.3, -0.25) is 5.10 Å². The van der Waals surface area contributed by atoms with Crippen LogP contribution in [0.1, 0.15) is 17.3 Å². The molecule has 1 aliphatic rings. The van der Waals surface area contributed by atoms with Gasteiger partial charge in [0.1, 0.15) is 22.3 Å². The van der Waals surface area contributed by atoms with Gasteiger partial charge in [-0.1, -0.05) is 6.07 Å². The molecule has 0 saturated heterocycles. The topological polar surface area (TPSA) is 76.2 Å². The molecule has 4 aromatic rings. The van der Waals surface area contributed by atoms with E-state index in [4.69, 9.17) is 19.4 Å². The smallest absolute Gasteiger partial charge is 0.137 e. The van der Waals surface area contributed by atoms with Gasteiger partial charge in [0, 0.05) is 29.4 Å². The number of fused-ring (bicyclic) bond motifs is 2. The van der Waals surface area contributed by atoms with Gasteiger partial charge in [0.2, 0.25) is 0 Å². The fourth-order valence-electron chi connectivity index (χ4n) is 3.99. The SMILES string of the molecule is COc1ccc2c(c1)C[C@H](c1nc(SCCN(C)C)c3cc(-c4cn[nH]c4)ccc3n1)CO2. The number of methoxy groups -OCH3 is 1. The predicted molar refractivity (Wildman–Crippen MR) is 131 cm³/mol. The summed E-state index contributed by atoms with van der Waals surface area (Å²) in [6.45, 7) is 1.55. The molecule has 0 spiro atoms. The number of aromatic amines is 1. The minimum atomic E-state index is 0.0933. The molecule has 170 valence electrons. The van der Waals surface area contributed by atoms with Crippen molar-refractivity contribution in [1.29, 1.82) is 0 Å². The molecule has 1 N–H and O–H groups in total. The lowest BCUT2D eigenvalue weighted by Crippen LogP contribution is -2.21. The standard InChI is InChI=1S/C25H27N5O2S/c1-30(2)8-9-33-25-21-12-16(19-13-26-27-14-19)4-6-22(21)28-24(29-25)18-10-17-11-20(31-3)5-7-23(17)32-15-18/h4-7,11-14,18H,8-10,15H2,1-3H3,(H,26,27)/t18-/m0/s1. The van der Waals surface area contributed by atoms with E-state index in [2.05, 4.69) is 47.4 Å². The van der Waals surface area contributed by atoms with E-state index < -0.39 is 0 Å². The van der Waals surface area contributed by atoms with E-state index in [0.717, 1.165) is 68.7 Å². The summed E-state index contributed by atoms with van der Waals surface area (Å²) in [5.74, 6) is 3.63. The van der Waals surface area contributed by atoms with Gasteiger partial charge in [0.05, 0.1) is 31.3 Å². The number of aromatic nitrogens is 4. The highest BCUT2D eigenvalue weighted by atomic mass is 32.2. The van der Waals surface area contributed by atoms with Crippen LogP contribution in [0.25, 0.3) is 22.0 Å². The number of nitrogens with one attached hydrogen (secondary N) is 1. The highest BCUT2D eigenvalue weighted by molar-refractivity contribution is 7.99. The lowest BCUT2D eigenvalue weighted by molar-refractivity contribution is 0.256. The Morgan fingerprint density at radius 2 is 2.06 bits per heavy atom. The first-order valence-electron chi connectivity index (χ1n) is 11.0. The molecule has 0 aliphatic carbocycles. The Bertz CT molecular complexity index is 1260. The number of thioether (sulfide) groups is 1. The summed E-state index contributed by atoms with van der Waals surface area (Å²) in [5.41, 5.74) is 4.24. The molecule has 0 saturated carbocycles. The zero-order chi connectivity index (χ0) is 22.8. The molecule has 3 heterocycles. The second-order valence-corrected chi connectivity index (χ2v) is 9.53. The lowest BCUT2D eigenvalue weighted by atomic mass is 9.95. The van der Waals surface area contributed by atoms with Crippen LogP contribution >= 0.6 is 11.8 Å². The molecule has 1 atom stereocenters. The van der Waals surface area contributed by atoms with E-state index in [1.54, 1.807) is 18.9 Å². The third-order valence-electron chi connectivity index (χ3n) is 5.83. The Labute approximate surface area is 197 Å². The Morgan fingerprint density at radius 3 is 2.85 bits per heavy atom. The van der Waals surface area contributed by atoms with Gasteiger partial charge in [-0.25, -0.2) is 9.97 Å². The van der Waals surface area contributed by atoms with Crippen LogP contribution < -0.4 is 9.47 Å². The monoisotopic (exact) mass is 461 g/mol. The number of hydrogen-bond acceptors (Lipinski definition) is 7. The van der Waals surface area contributed by atoms with Gasteiger partial charge >= 0.3 is 0 Å². The van der Waals surface area contributed by atoms with Crippen molar-refractivity contribution in [2.75, 3.05) is 40.1 Å². The molecular weight excluding hydrogens is 434 g/mol. The Morgan fingerprint density at radius 1 is 1.15 bits per heavy atom. The van der Waals surface area contributed by atoms with Crippen LogP contribution in [-0.2, 0) is 6.42 Å². The van der Waals surface area contributed by atoms with E-state index in [1.165, 1.54) is 0 Å². The molecule has 2 aromatic carbocycles. The molecule has 0 radical (unpaired) electrons. The fourth-order valence-corrected chi connectivity index (χ4v) is 5.11. The predicted octanol–water partition coefficient (Wildman–Crippen LogP) is 4.40. The van der Waals surface area contributed by atoms with Crippen LogP contribution in [0.5, 0.6) is 11.5 Å². The molecule has 0 unspecified atom stereocenters. The number of ether oxygens (including phenoxy) is 2. The normalized spacial score (nSPS) is 15.5. The van der Waals surface area contributed by atoms with Gasteiger partial charge in [-0.05, 0) is 62.0 Å². The average molecular weight is 462 g/mol. The van der Waals surface area contributed by atoms with Crippen LogP contribution in [0.15, 0.2) is 53.8 Å². The molecule has 7 nitrogen and oxygen atoms in total. The van der Waals surface area contributed by atoms with Crippen LogP contribution in [0, 0.1) is 0 Å². The molecule has 8 heteroatoms. The van der Waals surface area contributed by atoms with Crippen LogP contribution in [0.2, 0.25) is 0 Å². The third-order valence-corrected chi connectivity index (χ3v) is 6.80. The molecule has 1 aliphatic heterocycles. The summed E-state index contributed by atoms with van der Waals surface area (Å²) in [7, 11) is 5.86. The van der Waals surface area contributed by atoms with Crippen molar-refractivity contribution in [3.63, 3.8) is 0 Å². The summed E-state index contributed by atoms with van der Waals surface area (Å²) < 4.78 is 11.5. The van der Waals surface area contributed by atoms with Crippen LogP contribution in [0.3, 0.4) is 0 Å². The van der Waals surface area contributed by atoms with E-state index >= 15 is 0 Å². The van der Waals surface area contributed by atoms with Gasteiger partial charge < -0.3 is 14.4 Å². The minimum Gasteiger partial charge on any atom is -0.497 e. The maximum atomic E-state index is 6.06. The Kier molecular flexibility index (Phi) is 6.20. The molecule has 5 rings (SSSR count). The zero-order valence-electron chi connectivity index (χ0n) is 19.0. The molecular formula is C25H27N5O2S. The fraction of sp³-hybridized carbons (Fsp3) is 0.320. The summed E-state index contributed by atoms with van der Waals surface area (Å²) in [5, 5.41) is 9.06. The van der Waals surface area contributed by atoms with Gasteiger partial charge in [-0.15, -0.1) is 11.8 Å². The van der Waals surface area contributed by atoms with Crippen LogP contribution in [0.4, 0.5) is 0 Å². The first-order valence-corrected chi connectivity index (χ1v) is 12.0. The highest BCUT2D eigenvalue weighted by Gasteiger charge is 2.25. The van der Waals surface area contributed by atoms with Crippen molar-refractivity contribution in [2.24, 2.45) is 0 Å². The largest absolute Gasteiger partial charge is 0.497 e. The summed E-state index contributed by atoms with van der Waals surface area (Å²) in [6.07, 6.45) is 4.56. The van der Waals surface area contributed by atoms with Crippen molar-refractivity contribution < 1.29 is 9.47 Å². The average Bonchev–Trinajstić information content (AvgIpc) is 3.37. The Hall–Kier alpha value is -3.10. The molecule has 0 amide bonds. The van der Waals surface area contributed by atoms with Gasteiger partial charge in [0.25, 0.3) is 0 Å². The van der Waals surface area contributed by atoms with Crippen molar-refractivity contribution in [2.45, 2.75) is 17.4 Å². The minimum absolute atomic E-state index is 0.0933. The summed E-state index contributed by atoms with van der Waals surface area (Å²) in [6, 6.07) is 12.3. The van der Waals surface area contributed by atoms with Crippen molar-refractivity contribution >= 4 is 22.7 Å². The highest BCUT2D eigenvalue weighted by Crippen LogP contribution is 2.36. The van der Waals surface area contributed by atoms with E-state index in [0.29, 0.717) is 6.61 Å². The number of nitrogens with zero attached hydrogens (tertiary/aromatic N) is 4. The first kappa shape index (κ1) is 21.7. The molecule has 33 heavy (non-hydrogen) atoms. The molecule has 2 aromatic heterocycles. The van der Waals surface area contributed by atoms with Crippen molar-refractivity contribution in [3.05, 3.63) is 60.2 Å². The van der Waals surface area contributed by atoms with Crippen LogP contribution in [-0.4, -0.2) is 65.2 Å². The van der Waals surface area contributed by atoms with Gasteiger partial charge in [-0.2, -0.15) is 5.10 Å². The van der Waals surface area contributed by atoms with E-state index in [1.807, 2.05) is 30.6 Å². The summed E-state index contributed by atoms with van der Waals surface area (Å²) >= 11 is 1.78. The second kappa shape index (κ2) is 9.41. The van der Waals surface area contributed by atoms with E-state index in [-0.39, 0.29) is 5.92 Å². The third kappa shape index (κ3) is 4.67. The number of H-pyrrole nitrogens is 1. The zero-order valence-corrected chi connectivity index (χ0v) is 19.9. The Balaban J connectivity index is 1.51. The maximum Gasteiger partial charge on any atom is 0.137 e. The molecule has 0 fully saturated rings. The van der Waals surface area contributed by atoms with E-state index in [9.17, 15) is 0 Å². The maximum absolute atomic E-state index is 6.06. The van der Waals surface area contributed by atoms with Gasteiger partial charge in [0.15, 0.2) is 0 Å².